The van der Waals surface area contributed by atoms with E-state index in [1.54, 1.807) is 0 Å². The Kier molecular flexibility index (Phi) is 6.61. The first-order valence-electron chi connectivity index (χ1n) is 8.35. The van der Waals surface area contributed by atoms with Gasteiger partial charge in [0, 0.05) is 11.4 Å². The highest BCUT2D eigenvalue weighted by Gasteiger charge is 2.35. The molecule has 30 heavy (non-hydrogen) atoms. The van der Waals surface area contributed by atoms with E-state index in [1.807, 2.05) is 0 Å². The second kappa shape index (κ2) is 8.70. The Bertz CT molecular complexity index is 826. The van der Waals surface area contributed by atoms with Crippen LogP contribution >= 0.6 is 23.2 Å². The summed E-state index contributed by atoms with van der Waals surface area (Å²) in [5.41, 5.74) is -1.64. The van der Waals surface area contributed by atoms with Crippen LogP contribution in [0.4, 0.5) is 37.7 Å². The van der Waals surface area contributed by atoms with Gasteiger partial charge in [-0.1, -0.05) is 23.2 Å². The third-order valence-corrected chi connectivity index (χ3v) is 4.89. The van der Waals surface area contributed by atoms with Crippen molar-refractivity contribution in [2.24, 2.45) is 0 Å². The van der Waals surface area contributed by atoms with Gasteiger partial charge in [0.05, 0.1) is 21.2 Å². The van der Waals surface area contributed by atoms with Gasteiger partial charge >= 0.3 is 12.4 Å². The number of ether oxygens (including phenoxy) is 2. The lowest BCUT2D eigenvalue weighted by molar-refractivity contribution is -0.138. The fraction of sp³-hybridized carbons (Fsp3) is 0.333. The summed E-state index contributed by atoms with van der Waals surface area (Å²) in [5, 5.41) is -0.871. The summed E-state index contributed by atoms with van der Waals surface area (Å²) in [6.45, 7) is -0.630. The van der Waals surface area contributed by atoms with Gasteiger partial charge in [0.25, 0.3) is 0 Å². The van der Waals surface area contributed by atoms with Crippen LogP contribution < -0.4 is 9.80 Å². The minimum atomic E-state index is -4.63. The van der Waals surface area contributed by atoms with Crippen molar-refractivity contribution in [3.8, 4) is 0 Å². The predicted molar refractivity (Wildman–Crippen MR) is 99.5 cm³/mol. The number of halogens is 8. The Balaban J connectivity index is 1.73. The fourth-order valence-electron chi connectivity index (χ4n) is 2.75. The zero-order valence-corrected chi connectivity index (χ0v) is 16.5. The maximum atomic E-state index is 13.1. The molecule has 0 bridgehead atoms. The van der Waals surface area contributed by atoms with Crippen LogP contribution in [0.1, 0.15) is 11.1 Å². The van der Waals surface area contributed by atoms with Crippen molar-refractivity contribution >= 4 is 34.6 Å². The van der Waals surface area contributed by atoms with Gasteiger partial charge in [0.1, 0.15) is 26.9 Å². The molecule has 164 valence electrons. The number of alkyl halides is 6. The fourth-order valence-corrected chi connectivity index (χ4v) is 3.20. The van der Waals surface area contributed by atoms with Gasteiger partial charge in [0.2, 0.25) is 0 Å². The molecule has 0 atom stereocenters. The summed E-state index contributed by atoms with van der Waals surface area (Å²) in [6, 6.07) is 6.78. The topological polar surface area (TPSA) is 24.9 Å². The zero-order valence-electron chi connectivity index (χ0n) is 15.0. The molecule has 1 fully saturated rings. The second-order valence-corrected chi connectivity index (χ2v) is 7.14. The van der Waals surface area contributed by atoms with Crippen molar-refractivity contribution in [1.82, 2.24) is 0 Å². The van der Waals surface area contributed by atoms with Crippen molar-refractivity contribution < 1.29 is 35.8 Å². The summed E-state index contributed by atoms with van der Waals surface area (Å²) in [4.78, 5) is 2.79. The molecule has 1 aliphatic rings. The Morgan fingerprint density at radius 1 is 0.633 bits per heavy atom. The van der Waals surface area contributed by atoms with Crippen molar-refractivity contribution in [3.05, 3.63) is 57.6 Å². The Hall–Kier alpha value is -1.88. The maximum Gasteiger partial charge on any atom is 0.417 e. The van der Waals surface area contributed by atoms with Crippen molar-refractivity contribution in [2.45, 2.75) is 12.4 Å². The molecule has 1 saturated heterocycles. The van der Waals surface area contributed by atoms with E-state index in [-0.39, 0.29) is 38.3 Å². The van der Waals surface area contributed by atoms with E-state index in [2.05, 4.69) is 0 Å². The van der Waals surface area contributed by atoms with Crippen molar-refractivity contribution in [1.29, 1.82) is 0 Å². The van der Waals surface area contributed by atoms with E-state index in [4.69, 9.17) is 32.7 Å². The normalized spacial score (nSPS) is 16.4. The number of anilines is 2. The van der Waals surface area contributed by atoms with Gasteiger partial charge in [-0.05, 0) is 36.4 Å². The third-order valence-electron chi connectivity index (χ3n) is 4.23. The molecule has 0 aromatic heterocycles. The maximum absolute atomic E-state index is 13.1. The first-order valence-corrected chi connectivity index (χ1v) is 9.11. The standard InChI is InChI=1S/C18H14Cl2F6N2O2/c19-15-3-1-11(5-13(15)17(21,22)23)27-7-29-9-28(10-30-8-27)12-2-4-16(20)14(6-12)18(24,25)26/h1-6H,7-10H2. The number of rotatable bonds is 2. The first-order chi connectivity index (χ1) is 14.0. The van der Waals surface area contributed by atoms with Gasteiger partial charge < -0.3 is 19.3 Å². The minimum Gasteiger partial charge on any atom is -0.341 e. The van der Waals surface area contributed by atoms with Crippen molar-refractivity contribution in [3.63, 3.8) is 0 Å². The molecule has 0 aliphatic carbocycles. The van der Waals surface area contributed by atoms with E-state index in [0.29, 0.717) is 0 Å². The SMILES string of the molecule is FC(F)(F)c1cc(N2COCN(c3ccc(Cl)c(C(F)(F)F)c3)COC2)ccc1Cl. The number of hydrogen-bond donors (Lipinski definition) is 0. The highest BCUT2D eigenvalue weighted by molar-refractivity contribution is 6.31. The van der Waals surface area contributed by atoms with Crippen LogP contribution in [0.15, 0.2) is 36.4 Å². The van der Waals surface area contributed by atoms with Crippen LogP contribution in [0.3, 0.4) is 0 Å². The van der Waals surface area contributed by atoms with Gasteiger partial charge in [-0.15, -0.1) is 0 Å². The Morgan fingerprint density at radius 3 is 1.27 bits per heavy atom. The smallest absolute Gasteiger partial charge is 0.341 e. The minimum absolute atomic E-state index is 0.158. The molecule has 2 aromatic rings. The highest BCUT2D eigenvalue weighted by Crippen LogP contribution is 2.38. The molecule has 2 aromatic carbocycles. The molecule has 3 rings (SSSR count). The number of hydrogen-bond acceptors (Lipinski definition) is 4. The highest BCUT2D eigenvalue weighted by atomic mass is 35.5. The van der Waals surface area contributed by atoms with E-state index in [0.717, 1.165) is 24.3 Å². The summed E-state index contributed by atoms with van der Waals surface area (Å²) in [5.74, 6) is 0. The van der Waals surface area contributed by atoms with Crippen LogP contribution in [-0.4, -0.2) is 26.9 Å². The molecular weight excluding hydrogens is 461 g/mol. The number of nitrogens with zero attached hydrogens (tertiary/aromatic N) is 2. The average molecular weight is 475 g/mol. The summed E-state index contributed by atoms with van der Waals surface area (Å²) in [6.07, 6.45) is -9.25. The van der Waals surface area contributed by atoms with Gasteiger partial charge in [-0.25, -0.2) is 0 Å². The van der Waals surface area contributed by atoms with Crippen LogP contribution in [-0.2, 0) is 21.8 Å². The third kappa shape index (κ3) is 5.23. The zero-order chi connectivity index (χ0) is 22.1. The number of benzene rings is 2. The van der Waals surface area contributed by atoms with E-state index in [9.17, 15) is 26.3 Å². The van der Waals surface area contributed by atoms with E-state index < -0.39 is 33.5 Å². The summed E-state index contributed by atoms with van der Waals surface area (Å²) in [7, 11) is 0. The van der Waals surface area contributed by atoms with Crippen LogP contribution in [0.2, 0.25) is 10.0 Å². The van der Waals surface area contributed by atoms with Crippen LogP contribution in [0.5, 0.6) is 0 Å². The molecule has 1 heterocycles. The molecule has 4 nitrogen and oxygen atoms in total. The quantitative estimate of drug-likeness (QED) is 0.482. The average Bonchev–Trinajstić information content (AvgIpc) is 2.61. The lowest BCUT2D eigenvalue weighted by atomic mass is 10.2. The first kappa shape index (κ1) is 22.8. The van der Waals surface area contributed by atoms with Gasteiger partial charge in [-0.3, -0.25) is 0 Å². The van der Waals surface area contributed by atoms with Crippen LogP contribution in [0, 0.1) is 0 Å². The van der Waals surface area contributed by atoms with Crippen LogP contribution in [0.25, 0.3) is 0 Å². The second-order valence-electron chi connectivity index (χ2n) is 6.33. The molecule has 0 saturated carbocycles. The van der Waals surface area contributed by atoms with Gasteiger partial charge in [0.15, 0.2) is 0 Å². The Labute approximate surface area is 177 Å². The van der Waals surface area contributed by atoms with Crippen molar-refractivity contribution in [2.75, 3.05) is 36.7 Å². The molecule has 0 unspecified atom stereocenters. The molecule has 0 spiro atoms. The lowest BCUT2D eigenvalue weighted by Crippen LogP contribution is -2.39. The molecule has 12 heteroatoms. The molecule has 0 N–H and O–H groups in total. The van der Waals surface area contributed by atoms with E-state index >= 15 is 0 Å². The van der Waals surface area contributed by atoms with E-state index in [1.165, 1.54) is 21.9 Å². The summed E-state index contributed by atoms with van der Waals surface area (Å²) < 4.78 is 89.3. The summed E-state index contributed by atoms with van der Waals surface area (Å²) >= 11 is 11.2. The Morgan fingerprint density at radius 2 is 0.967 bits per heavy atom. The lowest BCUT2D eigenvalue weighted by Gasteiger charge is -2.33. The molecule has 0 radical (unpaired) electrons. The molecule has 0 amide bonds. The predicted octanol–water partition coefficient (Wildman–Crippen LogP) is 6.22. The van der Waals surface area contributed by atoms with Gasteiger partial charge in [-0.2, -0.15) is 26.3 Å². The monoisotopic (exact) mass is 474 g/mol. The molecular formula is C18H14Cl2F6N2O2. The molecule has 1 aliphatic heterocycles. The largest absolute Gasteiger partial charge is 0.417 e.